The van der Waals surface area contributed by atoms with E-state index in [-0.39, 0.29) is 0 Å². The highest BCUT2D eigenvalue weighted by molar-refractivity contribution is 6.37. The summed E-state index contributed by atoms with van der Waals surface area (Å²) in [6, 6.07) is 8.96. The molecule has 0 aliphatic rings. The van der Waals surface area contributed by atoms with Crippen LogP contribution in [0.3, 0.4) is 0 Å². The molecule has 0 saturated carbocycles. The fourth-order valence-corrected chi connectivity index (χ4v) is 2.54. The zero-order chi connectivity index (χ0) is 14.0. The summed E-state index contributed by atoms with van der Waals surface area (Å²) in [5, 5.41) is 1.42. The molecule has 0 spiro atoms. The topological polar surface area (TPSA) is 35.2 Å². The van der Waals surface area contributed by atoms with Gasteiger partial charge in [-0.05, 0) is 30.7 Å². The summed E-state index contributed by atoms with van der Waals surface area (Å²) in [6.07, 6.45) is 0. The predicted molar refractivity (Wildman–Crippen MR) is 81.4 cm³/mol. The van der Waals surface area contributed by atoms with Gasteiger partial charge in [-0.3, -0.25) is 0 Å². The highest BCUT2D eigenvalue weighted by atomic mass is 35.5. The number of ether oxygens (including phenoxy) is 1. The molecule has 2 nitrogen and oxygen atoms in total. The Morgan fingerprint density at radius 2 is 1.63 bits per heavy atom. The third-order valence-corrected chi connectivity index (χ3v) is 3.51. The SMILES string of the molecule is Cc1ccc(COc2c(Cl)cc(N)cc2Cl)c(Cl)c1. The second kappa shape index (κ2) is 5.91. The standard InChI is InChI=1S/C14H12Cl3NO/c1-8-2-3-9(11(15)4-8)7-19-14-12(16)5-10(18)6-13(14)17/h2-6H,7,18H2,1H3. The monoisotopic (exact) mass is 315 g/mol. The van der Waals surface area contributed by atoms with E-state index in [1.807, 2.05) is 25.1 Å². The van der Waals surface area contributed by atoms with E-state index in [1.165, 1.54) is 0 Å². The molecule has 0 bridgehead atoms. The first-order valence-electron chi connectivity index (χ1n) is 5.59. The van der Waals surface area contributed by atoms with Crippen molar-refractivity contribution >= 4 is 40.5 Å². The quantitative estimate of drug-likeness (QED) is 0.798. The minimum atomic E-state index is 0.294. The fourth-order valence-electron chi connectivity index (χ4n) is 1.64. The lowest BCUT2D eigenvalue weighted by Gasteiger charge is -2.12. The molecule has 0 atom stereocenters. The summed E-state index contributed by atoms with van der Waals surface area (Å²) < 4.78 is 5.63. The van der Waals surface area contributed by atoms with Crippen LogP contribution < -0.4 is 10.5 Å². The van der Waals surface area contributed by atoms with E-state index in [1.54, 1.807) is 12.1 Å². The number of nitrogens with two attached hydrogens (primary N) is 1. The van der Waals surface area contributed by atoms with Crippen molar-refractivity contribution in [3.05, 3.63) is 56.5 Å². The van der Waals surface area contributed by atoms with Crippen LogP contribution in [0.1, 0.15) is 11.1 Å². The van der Waals surface area contributed by atoms with Gasteiger partial charge in [-0.25, -0.2) is 0 Å². The summed E-state index contributed by atoms with van der Waals surface area (Å²) in [4.78, 5) is 0. The first-order chi connectivity index (χ1) is 8.97. The van der Waals surface area contributed by atoms with Crippen molar-refractivity contribution in [2.45, 2.75) is 13.5 Å². The molecule has 5 heteroatoms. The second-order valence-corrected chi connectivity index (χ2v) is 5.42. The molecule has 0 saturated heterocycles. The molecule has 2 aromatic rings. The average molecular weight is 317 g/mol. The molecule has 2 N–H and O–H groups in total. The van der Waals surface area contributed by atoms with Crippen molar-refractivity contribution in [2.24, 2.45) is 0 Å². The van der Waals surface area contributed by atoms with Gasteiger partial charge in [-0.15, -0.1) is 0 Å². The molecular formula is C14H12Cl3NO. The van der Waals surface area contributed by atoms with Gasteiger partial charge in [0.1, 0.15) is 6.61 Å². The van der Waals surface area contributed by atoms with Crippen LogP contribution >= 0.6 is 34.8 Å². The maximum Gasteiger partial charge on any atom is 0.157 e. The van der Waals surface area contributed by atoms with Gasteiger partial charge in [0.2, 0.25) is 0 Å². The molecule has 0 unspecified atom stereocenters. The lowest BCUT2D eigenvalue weighted by atomic mass is 10.1. The molecule has 0 aromatic heterocycles. The van der Waals surface area contributed by atoms with Crippen LogP contribution in [0.2, 0.25) is 15.1 Å². The Labute approximate surface area is 127 Å². The Balaban J connectivity index is 2.19. The largest absolute Gasteiger partial charge is 0.486 e. The Kier molecular flexibility index (Phi) is 4.46. The molecule has 0 radical (unpaired) electrons. The zero-order valence-corrected chi connectivity index (χ0v) is 12.5. The maximum atomic E-state index is 6.13. The first kappa shape index (κ1) is 14.3. The summed E-state index contributed by atoms with van der Waals surface area (Å²) in [7, 11) is 0. The van der Waals surface area contributed by atoms with E-state index in [2.05, 4.69) is 0 Å². The van der Waals surface area contributed by atoms with Crippen LogP contribution in [0.5, 0.6) is 5.75 Å². The number of benzene rings is 2. The molecule has 0 aliphatic heterocycles. The molecule has 2 aromatic carbocycles. The van der Waals surface area contributed by atoms with E-state index in [4.69, 9.17) is 45.3 Å². The van der Waals surface area contributed by atoms with Gasteiger partial charge in [-0.2, -0.15) is 0 Å². The van der Waals surface area contributed by atoms with Crippen molar-refractivity contribution < 1.29 is 4.74 Å². The Morgan fingerprint density at radius 3 is 2.21 bits per heavy atom. The van der Waals surface area contributed by atoms with Gasteiger partial charge in [0.15, 0.2) is 5.75 Å². The summed E-state index contributed by atoms with van der Waals surface area (Å²) in [5.41, 5.74) is 8.09. The van der Waals surface area contributed by atoms with Crippen molar-refractivity contribution in [1.29, 1.82) is 0 Å². The van der Waals surface area contributed by atoms with Crippen LogP contribution in [-0.4, -0.2) is 0 Å². The van der Waals surface area contributed by atoms with Gasteiger partial charge in [0.25, 0.3) is 0 Å². The molecule has 0 fully saturated rings. The van der Waals surface area contributed by atoms with Crippen molar-refractivity contribution in [1.82, 2.24) is 0 Å². The van der Waals surface area contributed by atoms with Crippen LogP contribution in [0, 0.1) is 6.92 Å². The minimum Gasteiger partial charge on any atom is -0.486 e. The highest BCUT2D eigenvalue weighted by Gasteiger charge is 2.10. The normalized spacial score (nSPS) is 10.5. The Morgan fingerprint density at radius 1 is 1.00 bits per heavy atom. The molecule has 100 valence electrons. The molecule has 19 heavy (non-hydrogen) atoms. The number of hydrogen-bond donors (Lipinski definition) is 1. The molecule has 0 amide bonds. The number of anilines is 1. The van der Waals surface area contributed by atoms with Gasteiger partial charge in [-0.1, -0.05) is 46.9 Å². The van der Waals surface area contributed by atoms with Gasteiger partial charge < -0.3 is 10.5 Å². The van der Waals surface area contributed by atoms with Crippen LogP contribution in [0.25, 0.3) is 0 Å². The van der Waals surface area contributed by atoms with Crippen LogP contribution in [0.15, 0.2) is 30.3 Å². The number of aryl methyl sites for hydroxylation is 1. The molecule has 2 rings (SSSR count). The zero-order valence-electron chi connectivity index (χ0n) is 10.2. The third-order valence-electron chi connectivity index (χ3n) is 2.60. The molecule has 0 aliphatic carbocycles. The Hall–Kier alpha value is -1.09. The number of halogens is 3. The fraction of sp³-hybridized carbons (Fsp3) is 0.143. The van der Waals surface area contributed by atoms with E-state index < -0.39 is 0 Å². The highest BCUT2D eigenvalue weighted by Crippen LogP contribution is 2.35. The number of hydrogen-bond acceptors (Lipinski definition) is 2. The number of nitrogen functional groups attached to an aromatic ring is 1. The second-order valence-electron chi connectivity index (χ2n) is 4.20. The van der Waals surface area contributed by atoms with E-state index in [0.29, 0.717) is 33.1 Å². The summed E-state index contributed by atoms with van der Waals surface area (Å²) >= 11 is 18.2. The lowest BCUT2D eigenvalue weighted by Crippen LogP contribution is -1.98. The lowest BCUT2D eigenvalue weighted by molar-refractivity contribution is 0.307. The maximum absolute atomic E-state index is 6.13. The van der Waals surface area contributed by atoms with Crippen molar-refractivity contribution in [3.8, 4) is 5.75 Å². The summed E-state index contributed by atoms with van der Waals surface area (Å²) in [5.74, 6) is 0.411. The smallest absolute Gasteiger partial charge is 0.157 e. The van der Waals surface area contributed by atoms with E-state index in [9.17, 15) is 0 Å². The minimum absolute atomic E-state index is 0.294. The van der Waals surface area contributed by atoms with E-state index in [0.717, 1.165) is 11.1 Å². The molecule has 0 heterocycles. The predicted octanol–water partition coefficient (Wildman–Crippen LogP) is 5.12. The number of rotatable bonds is 3. The van der Waals surface area contributed by atoms with Gasteiger partial charge in [0, 0.05) is 16.3 Å². The average Bonchev–Trinajstić information content (AvgIpc) is 2.30. The van der Waals surface area contributed by atoms with Gasteiger partial charge >= 0.3 is 0 Å². The molecular weight excluding hydrogens is 305 g/mol. The van der Waals surface area contributed by atoms with Crippen LogP contribution in [-0.2, 0) is 6.61 Å². The summed E-state index contributed by atoms with van der Waals surface area (Å²) in [6.45, 7) is 2.27. The third kappa shape index (κ3) is 3.47. The van der Waals surface area contributed by atoms with E-state index >= 15 is 0 Å². The van der Waals surface area contributed by atoms with Gasteiger partial charge in [0.05, 0.1) is 10.0 Å². The Bertz CT molecular complexity index is 591. The first-order valence-corrected chi connectivity index (χ1v) is 6.73. The van der Waals surface area contributed by atoms with Crippen LogP contribution in [0.4, 0.5) is 5.69 Å². The van der Waals surface area contributed by atoms with Crippen molar-refractivity contribution in [3.63, 3.8) is 0 Å². The van der Waals surface area contributed by atoms with Crippen molar-refractivity contribution in [2.75, 3.05) is 5.73 Å².